The Morgan fingerprint density at radius 3 is 2.53 bits per heavy atom. The fourth-order valence-electron chi connectivity index (χ4n) is 3.21. The first kappa shape index (κ1) is 20.5. The molecule has 0 bridgehead atoms. The molecule has 0 radical (unpaired) electrons. The maximum atomic E-state index is 13.3. The van der Waals surface area contributed by atoms with E-state index in [1.165, 1.54) is 4.90 Å². The van der Waals surface area contributed by atoms with Gasteiger partial charge in [0.05, 0.1) is 5.69 Å². The fraction of sp³-hybridized carbons (Fsp3) is 0.0455. The molecule has 30 heavy (non-hydrogen) atoms. The summed E-state index contributed by atoms with van der Waals surface area (Å²) in [5.74, 6) is -1.04. The molecule has 1 saturated heterocycles. The monoisotopic (exact) mass is 499 g/mol. The summed E-state index contributed by atoms with van der Waals surface area (Å²) in [6.45, 7) is 1.80. The first-order valence-electron chi connectivity index (χ1n) is 8.96. The number of hydrogen-bond acceptors (Lipinski definition) is 3. The number of benzene rings is 2. The van der Waals surface area contributed by atoms with Gasteiger partial charge in [0.15, 0.2) is 5.11 Å². The normalized spacial score (nSPS) is 15.6. The van der Waals surface area contributed by atoms with Gasteiger partial charge in [-0.25, -0.2) is 0 Å². The van der Waals surface area contributed by atoms with Crippen LogP contribution in [-0.4, -0.2) is 21.5 Å². The van der Waals surface area contributed by atoms with E-state index >= 15 is 0 Å². The van der Waals surface area contributed by atoms with Gasteiger partial charge < -0.3 is 4.57 Å². The Bertz CT molecular complexity index is 1220. The van der Waals surface area contributed by atoms with E-state index in [1.54, 1.807) is 31.2 Å². The summed E-state index contributed by atoms with van der Waals surface area (Å²) in [6, 6.07) is 16.6. The topological polar surface area (TPSA) is 54.3 Å². The van der Waals surface area contributed by atoms with Crippen molar-refractivity contribution in [2.45, 2.75) is 6.92 Å². The van der Waals surface area contributed by atoms with Crippen molar-refractivity contribution in [2.24, 2.45) is 0 Å². The van der Waals surface area contributed by atoms with Gasteiger partial charge >= 0.3 is 0 Å². The number of aromatic nitrogens is 1. The van der Waals surface area contributed by atoms with E-state index in [1.807, 2.05) is 47.2 Å². The predicted octanol–water partition coefficient (Wildman–Crippen LogP) is 5.03. The number of amides is 2. The average molecular weight is 501 g/mol. The van der Waals surface area contributed by atoms with E-state index in [2.05, 4.69) is 21.2 Å². The highest BCUT2D eigenvalue weighted by Gasteiger charge is 2.35. The highest BCUT2D eigenvalue weighted by Crippen LogP contribution is 2.30. The van der Waals surface area contributed by atoms with Gasteiger partial charge in [0.2, 0.25) is 0 Å². The lowest BCUT2D eigenvalue weighted by Crippen LogP contribution is -2.54. The third-order valence-corrected chi connectivity index (χ3v) is 5.98. The zero-order chi connectivity index (χ0) is 21.4. The van der Waals surface area contributed by atoms with Gasteiger partial charge in [-0.15, -0.1) is 0 Å². The number of carbonyl (C=O) groups excluding carboxylic acids is 2. The second kappa shape index (κ2) is 8.18. The summed E-state index contributed by atoms with van der Waals surface area (Å²) in [5, 5.41) is 3.14. The summed E-state index contributed by atoms with van der Waals surface area (Å²) in [6.07, 6.45) is 3.43. The molecule has 1 aromatic heterocycles. The van der Waals surface area contributed by atoms with Crippen molar-refractivity contribution in [2.75, 3.05) is 4.90 Å². The zero-order valence-electron chi connectivity index (χ0n) is 15.7. The quantitative estimate of drug-likeness (QED) is 0.312. The number of hydrogen-bond donors (Lipinski definition) is 1. The molecule has 0 unspecified atom stereocenters. The van der Waals surface area contributed by atoms with Crippen molar-refractivity contribution in [3.05, 3.63) is 87.1 Å². The van der Waals surface area contributed by atoms with Crippen molar-refractivity contribution >= 4 is 68.4 Å². The maximum absolute atomic E-state index is 13.3. The molecular weight excluding hydrogens is 486 g/mol. The van der Waals surface area contributed by atoms with Gasteiger partial charge in [0.25, 0.3) is 11.8 Å². The molecule has 4 rings (SSSR count). The lowest BCUT2D eigenvalue weighted by molar-refractivity contribution is -0.122. The largest absolute Gasteiger partial charge is 0.317 e. The first-order valence-corrected chi connectivity index (χ1v) is 10.5. The Morgan fingerprint density at radius 2 is 1.80 bits per heavy atom. The average Bonchev–Trinajstić information content (AvgIpc) is 3.17. The number of anilines is 1. The van der Waals surface area contributed by atoms with E-state index in [4.69, 9.17) is 23.8 Å². The van der Waals surface area contributed by atoms with Crippen LogP contribution in [-0.2, 0) is 9.59 Å². The highest BCUT2D eigenvalue weighted by molar-refractivity contribution is 9.10. The number of halogens is 2. The third-order valence-electron chi connectivity index (χ3n) is 4.76. The van der Waals surface area contributed by atoms with Gasteiger partial charge in [-0.1, -0.05) is 33.6 Å². The van der Waals surface area contributed by atoms with Crippen LogP contribution in [0.2, 0.25) is 5.02 Å². The van der Waals surface area contributed by atoms with E-state index in [9.17, 15) is 9.59 Å². The van der Waals surface area contributed by atoms with Crippen LogP contribution in [0.25, 0.3) is 11.8 Å². The summed E-state index contributed by atoms with van der Waals surface area (Å²) in [4.78, 5) is 27.2. The van der Waals surface area contributed by atoms with E-state index in [0.717, 1.165) is 10.2 Å². The minimum absolute atomic E-state index is 0.0139. The molecule has 8 heteroatoms. The molecule has 0 aliphatic carbocycles. The molecule has 5 nitrogen and oxygen atoms in total. The summed E-state index contributed by atoms with van der Waals surface area (Å²) in [7, 11) is 0. The van der Waals surface area contributed by atoms with Crippen LogP contribution in [0.5, 0.6) is 0 Å². The molecule has 1 N–H and O–H groups in total. The Labute approximate surface area is 192 Å². The van der Waals surface area contributed by atoms with Crippen LogP contribution < -0.4 is 10.2 Å². The fourth-order valence-corrected chi connectivity index (χ4v) is 3.92. The van der Waals surface area contributed by atoms with Crippen molar-refractivity contribution < 1.29 is 9.59 Å². The van der Waals surface area contributed by atoms with Gasteiger partial charge in [-0.3, -0.25) is 19.8 Å². The molecule has 0 saturated carbocycles. The lowest BCUT2D eigenvalue weighted by Gasteiger charge is -2.30. The predicted molar refractivity (Wildman–Crippen MR) is 126 cm³/mol. The van der Waals surface area contributed by atoms with Crippen LogP contribution in [0.4, 0.5) is 5.69 Å². The Morgan fingerprint density at radius 1 is 1.07 bits per heavy atom. The van der Waals surface area contributed by atoms with Crippen molar-refractivity contribution in [1.82, 2.24) is 9.88 Å². The van der Waals surface area contributed by atoms with E-state index in [0.29, 0.717) is 22.0 Å². The molecule has 2 amide bonds. The smallest absolute Gasteiger partial charge is 0.270 e. The van der Waals surface area contributed by atoms with Gasteiger partial charge in [-0.2, -0.15) is 0 Å². The van der Waals surface area contributed by atoms with Crippen LogP contribution in [0.1, 0.15) is 11.3 Å². The number of rotatable bonds is 3. The SMILES string of the molecule is Cc1c(Cl)cccc1N1C(=O)/C(=C/c2cccn2-c2ccc(Br)cc2)C(=O)NC1=S. The van der Waals surface area contributed by atoms with Crippen LogP contribution in [0, 0.1) is 6.92 Å². The maximum Gasteiger partial charge on any atom is 0.270 e. The first-order chi connectivity index (χ1) is 14.4. The molecule has 0 spiro atoms. The second-order valence-corrected chi connectivity index (χ2v) is 8.33. The Kier molecular flexibility index (Phi) is 5.60. The highest BCUT2D eigenvalue weighted by atomic mass is 79.9. The van der Waals surface area contributed by atoms with Gasteiger partial charge in [-0.05, 0) is 79.3 Å². The molecule has 1 aliphatic heterocycles. The molecule has 2 aromatic carbocycles. The molecule has 0 atom stereocenters. The van der Waals surface area contributed by atoms with Gasteiger partial charge in [0.1, 0.15) is 5.57 Å². The number of thiocarbonyl (C=S) groups is 1. The lowest BCUT2D eigenvalue weighted by atomic mass is 10.1. The Balaban J connectivity index is 1.77. The minimum Gasteiger partial charge on any atom is -0.317 e. The Hall–Kier alpha value is -2.74. The van der Waals surface area contributed by atoms with Gasteiger partial charge in [0, 0.05) is 27.1 Å². The second-order valence-electron chi connectivity index (χ2n) is 6.62. The summed E-state index contributed by atoms with van der Waals surface area (Å²) >= 11 is 14.9. The molecule has 2 heterocycles. The summed E-state index contributed by atoms with van der Waals surface area (Å²) in [5.41, 5.74) is 2.80. The number of carbonyl (C=O) groups is 2. The standard InChI is InChI=1S/C22H15BrClN3O2S/c1-13-18(24)5-2-6-19(13)27-21(29)17(20(28)25-22(27)30)12-16-4-3-11-26(16)15-9-7-14(23)8-10-15/h2-12H,1H3,(H,25,28,30)/b17-12+. The van der Waals surface area contributed by atoms with Crippen molar-refractivity contribution in [3.8, 4) is 5.69 Å². The molecule has 1 aliphatic rings. The van der Waals surface area contributed by atoms with Crippen molar-refractivity contribution in [3.63, 3.8) is 0 Å². The molecule has 1 fully saturated rings. The minimum atomic E-state index is -0.538. The van der Waals surface area contributed by atoms with Crippen LogP contribution >= 0.6 is 39.7 Å². The number of nitrogens with zero attached hydrogens (tertiary/aromatic N) is 2. The molecule has 3 aromatic rings. The van der Waals surface area contributed by atoms with Crippen LogP contribution in [0.3, 0.4) is 0 Å². The molecule has 150 valence electrons. The van der Waals surface area contributed by atoms with E-state index in [-0.39, 0.29) is 10.7 Å². The van der Waals surface area contributed by atoms with Crippen molar-refractivity contribution in [1.29, 1.82) is 0 Å². The third kappa shape index (κ3) is 3.71. The van der Waals surface area contributed by atoms with E-state index < -0.39 is 11.8 Å². The zero-order valence-corrected chi connectivity index (χ0v) is 18.9. The number of nitrogens with one attached hydrogen (secondary N) is 1. The molecular formula is C22H15BrClN3O2S. The van der Waals surface area contributed by atoms with Crippen LogP contribution in [0.15, 0.2) is 70.8 Å². The summed E-state index contributed by atoms with van der Waals surface area (Å²) < 4.78 is 2.85.